The average molecular weight is 843 g/mol. The number of fused-ring (bicyclic) bond motifs is 4. The van der Waals surface area contributed by atoms with E-state index in [4.69, 9.17) is 17.0 Å². The van der Waals surface area contributed by atoms with Crippen molar-refractivity contribution in [2.45, 2.75) is 67.5 Å². The minimum atomic E-state index is -1.65. The number of rotatable bonds is 6. The quantitative estimate of drug-likeness (QED) is 0.116. The molecule has 0 N–H and O–H groups in total. The van der Waals surface area contributed by atoms with Crippen LogP contribution in [0.5, 0.6) is 0 Å². The Morgan fingerprint density at radius 2 is 0.907 bits per heavy atom. The maximum Gasteiger partial charge on any atom is -0.0111 e. The van der Waals surface area contributed by atoms with Crippen LogP contribution in [-0.2, 0) is 30.8 Å². The molecule has 54 heavy (non-hydrogen) atoms. The summed E-state index contributed by atoms with van der Waals surface area (Å²) in [6.45, 7) is 17.9. The van der Waals surface area contributed by atoms with Gasteiger partial charge in [-0.25, -0.2) is 0 Å². The molecule has 0 aliphatic heterocycles. The third kappa shape index (κ3) is 9.39. The zero-order valence-electron chi connectivity index (χ0n) is 33.0. The van der Waals surface area contributed by atoms with Crippen molar-refractivity contribution in [1.29, 1.82) is 0 Å². The molecule has 0 saturated carbocycles. The minimum Gasteiger partial charge on any atom is -0.164 e. The molecular weight excluding hydrogens is 791 g/mol. The number of hydrogen-bond acceptors (Lipinski definition) is 0. The zero-order chi connectivity index (χ0) is 38.5. The van der Waals surface area contributed by atoms with Crippen LogP contribution in [0.15, 0.2) is 133 Å². The molecule has 0 unspecified atom stereocenters. The van der Waals surface area contributed by atoms with Gasteiger partial charge in [0.05, 0.1) is 0 Å². The number of aryl methyl sites for hydroxylation is 2. The Morgan fingerprint density at radius 1 is 0.519 bits per heavy atom. The van der Waals surface area contributed by atoms with Gasteiger partial charge in [-0.15, -0.1) is 69.1 Å². The standard InChI is InChI=1S/2C24H23.C2H6Si.2ClH.Zr/c2*1-16(2)13-18-14-20-8-6-10-22(23(20)15-18)24-17(3)11-12-19-7-4-5-9-21(19)24;1-3-2;;;/h2*4-12,14-16H,13H2,1-3H3;1-2H3;2*1H;/q2*-1;;;;+2/p-2. The molecule has 0 bridgehead atoms. The first-order valence-electron chi connectivity index (χ1n) is 19.2. The van der Waals surface area contributed by atoms with Crippen molar-refractivity contribution in [2.75, 3.05) is 0 Å². The summed E-state index contributed by atoms with van der Waals surface area (Å²) >= 11 is -1.65. The predicted octanol–water partition coefficient (Wildman–Crippen LogP) is 15.9. The van der Waals surface area contributed by atoms with Gasteiger partial charge >= 0.3 is 53.5 Å². The van der Waals surface area contributed by atoms with Crippen LogP contribution in [0.3, 0.4) is 0 Å². The molecule has 0 aromatic heterocycles. The maximum atomic E-state index is 5.62. The van der Waals surface area contributed by atoms with E-state index in [1.54, 1.807) is 0 Å². The van der Waals surface area contributed by atoms with Gasteiger partial charge < -0.3 is 0 Å². The van der Waals surface area contributed by atoms with Crippen LogP contribution in [0.1, 0.15) is 49.9 Å². The molecule has 0 fully saturated rings. The van der Waals surface area contributed by atoms with Gasteiger partial charge in [0.25, 0.3) is 0 Å². The summed E-state index contributed by atoms with van der Waals surface area (Å²) in [6.07, 6.45) is 2.28. The van der Waals surface area contributed by atoms with Crippen LogP contribution in [0.4, 0.5) is 0 Å². The van der Waals surface area contributed by atoms with Crippen molar-refractivity contribution in [1.82, 2.24) is 0 Å². The van der Waals surface area contributed by atoms with Gasteiger partial charge in [-0.2, -0.15) is 12.1 Å². The van der Waals surface area contributed by atoms with Crippen molar-refractivity contribution < 1.29 is 18.0 Å². The summed E-state index contributed by atoms with van der Waals surface area (Å²) in [5.41, 5.74) is 10.8. The Hall–Kier alpha value is -3.26. The predicted molar refractivity (Wildman–Crippen MR) is 241 cm³/mol. The molecule has 8 rings (SSSR count). The van der Waals surface area contributed by atoms with E-state index < -0.39 is 18.0 Å². The fourth-order valence-electron chi connectivity index (χ4n) is 7.68. The fraction of sp³-hybridized carbons (Fsp3) is 0.240. The van der Waals surface area contributed by atoms with Crippen LogP contribution in [0.25, 0.3) is 65.3 Å². The van der Waals surface area contributed by atoms with E-state index in [9.17, 15) is 0 Å². The Balaban J connectivity index is 0.000000160. The van der Waals surface area contributed by atoms with Gasteiger partial charge in [-0.3, -0.25) is 0 Å². The van der Waals surface area contributed by atoms with Gasteiger partial charge in [0.1, 0.15) is 0 Å². The Bertz CT molecular complexity index is 2390. The van der Waals surface area contributed by atoms with E-state index in [-0.39, 0.29) is 5.43 Å². The smallest absolute Gasteiger partial charge is 0.0111 e. The van der Waals surface area contributed by atoms with Gasteiger partial charge in [-0.1, -0.05) is 124 Å². The third-order valence-corrected chi connectivity index (χ3v) is 29.8. The minimum absolute atomic E-state index is 0.224. The number of hydrogen-bond donors (Lipinski definition) is 0. The van der Waals surface area contributed by atoms with E-state index >= 15 is 0 Å². The molecule has 276 valence electrons. The zero-order valence-corrected chi connectivity index (χ0v) is 38.0. The largest absolute Gasteiger partial charge is 0.164 e. The molecule has 0 spiro atoms. The summed E-state index contributed by atoms with van der Waals surface area (Å²) in [7, 11) is 11.2. The van der Waals surface area contributed by atoms with E-state index in [2.05, 4.69) is 188 Å². The van der Waals surface area contributed by atoms with Crippen molar-refractivity contribution in [3.63, 3.8) is 0 Å². The van der Waals surface area contributed by atoms with Crippen LogP contribution in [-0.4, -0.2) is 5.43 Å². The first kappa shape index (κ1) is 40.4. The monoisotopic (exact) mass is 840 g/mol. The fourth-order valence-corrected chi connectivity index (χ4v) is 7.68. The van der Waals surface area contributed by atoms with Crippen LogP contribution < -0.4 is 0 Å². The van der Waals surface area contributed by atoms with Crippen molar-refractivity contribution in [3.8, 4) is 22.3 Å². The number of benzene rings is 6. The summed E-state index contributed by atoms with van der Waals surface area (Å²) in [5.74, 6) is 1.37. The van der Waals surface area contributed by atoms with Crippen molar-refractivity contribution in [2.24, 2.45) is 11.8 Å². The molecule has 0 radical (unpaired) electrons. The van der Waals surface area contributed by atoms with E-state index in [1.165, 1.54) is 87.6 Å². The van der Waals surface area contributed by atoms with Crippen LogP contribution in [0.2, 0.25) is 13.1 Å². The first-order chi connectivity index (χ1) is 25.9. The second-order valence-corrected chi connectivity index (χ2v) is 38.7. The molecule has 8 aromatic carbocycles. The van der Waals surface area contributed by atoms with Gasteiger partial charge in [0.2, 0.25) is 0 Å². The molecular formula is C50H52Cl2SiZr-2. The van der Waals surface area contributed by atoms with Crippen LogP contribution >= 0.6 is 17.0 Å². The second kappa shape index (κ2) is 18.1. The van der Waals surface area contributed by atoms with E-state index in [1.807, 2.05) is 0 Å². The maximum absolute atomic E-state index is 5.62. The Morgan fingerprint density at radius 3 is 1.28 bits per heavy atom. The van der Waals surface area contributed by atoms with Crippen molar-refractivity contribution >= 4 is 65.5 Å². The topological polar surface area (TPSA) is 0 Å². The molecule has 0 atom stereocenters. The SMILES string of the molecule is C[Si](C)=[Zr]([Cl])[Cl].Cc1ccc2ccccc2c1-c1cccc2[cH-]c(CC(C)C)cc12.Cc1ccc2ccccc2c1-c1cccc2[cH-]c(CC(C)C)cc12. The molecule has 0 heterocycles. The van der Waals surface area contributed by atoms with Crippen LogP contribution in [0, 0.1) is 25.7 Å². The first-order valence-corrected chi connectivity index (χ1v) is 31.8. The third-order valence-electron chi connectivity index (χ3n) is 10.1. The van der Waals surface area contributed by atoms with Crippen molar-refractivity contribution in [3.05, 3.63) is 156 Å². The summed E-state index contributed by atoms with van der Waals surface area (Å²) in [6, 6.07) is 49.3. The van der Waals surface area contributed by atoms with Gasteiger partial charge in [0.15, 0.2) is 0 Å². The average Bonchev–Trinajstić information content (AvgIpc) is 3.75. The van der Waals surface area contributed by atoms with E-state index in [0.717, 1.165) is 12.8 Å². The Labute approximate surface area is 338 Å². The normalized spacial score (nSPS) is 11.3. The molecule has 8 aromatic rings. The summed E-state index contributed by atoms with van der Waals surface area (Å²) < 4.78 is 0. The summed E-state index contributed by atoms with van der Waals surface area (Å²) in [4.78, 5) is 0. The molecule has 4 heteroatoms. The second-order valence-electron chi connectivity index (χ2n) is 15.8. The summed E-state index contributed by atoms with van der Waals surface area (Å²) in [5, 5.41) is 10.8. The number of halogens is 2. The molecule has 0 amide bonds. The molecule has 0 aliphatic carbocycles. The Kier molecular flexibility index (Phi) is 13.6. The van der Waals surface area contributed by atoms with Gasteiger partial charge in [0, 0.05) is 0 Å². The van der Waals surface area contributed by atoms with Gasteiger partial charge in [-0.05, 0) is 82.3 Å². The molecule has 0 saturated heterocycles. The van der Waals surface area contributed by atoms with E-state index in [0.29, 0.717) is 11.8 Å². The molecule has 0 nitrogen and oxygen atoms in total. The molecule has 0 aliphatic rings.